The molecule has 1 fully saturated rings. The second-order valence-electron chi connectivity index (χ2n) is 4.44. The van der Waals surface area contributed by atoms with Gasteiger partial charge in [-0.2, -0.15) is 4.80 Å². The fraction of sp³-hybridized carbons (Fsp3) is 0.417. The van der Waals surface area contributed by atoms with Crippen LogP contribution in [0.3, 0.4) is 0 Å². The largest absolute Gasteiger partial charge is 0.492 e. The van der Waals surface area contributed by atoms with Gasteiger partial charge in [0.1, 0.15) is 18.2 Å². The lowest BCUT2D eigenvalue weighted by Gasteiger charge is -2.05. The van der Waals surface area contributed by atoms with E-state index < -0.39 is 5.82 Å². The molecule has 0 atom stereocenters. The summed E-state index contributed by atoms with van der Waals surface area (Å²) >= 11 is 5.66. The molecule has 1 aromatic heterocycles. The zero-order valence-electron chi connectivity index (χ0n) is 10.1. The first-order chi connectivity index (χ1) is 9.22. The average molecular weight is 283 g/mol. The van der Waals surface area contributed by atoms with E-state index in [1.807, 2.05) is 0 Å². The van der Waals surface area contributed by atoms with Crippen molar-refractivity contribution in [2.24, 2.45) is 0 Å². The number of aromatic nitrogens is 4. The maximum absolute atomic E-state index is 13.0. The molecule has 7 heteroatoms. The van der Waals surface area contributed by atoms with Crippen LogP contribution in [0.2, 0.25) is 5.02 Å². The Kier molecular flexibility index (Phi) is 3.33. The third kappa shape index (κ3) is 3.01. The van der Waals surface area contributed by atoms with Crippen LogP contribution in [0.1, 0.15) is 24.6 Å². The molecule has 0 aliphatic heterocycles. The van der Waals surface area contributed by atoms with E-state index in [4.69, 9.17) is 16.3 Å². The summed E-state index contributed by atoms with van der Waals surface area (Å²) in [5.74, 6) is 1.37. The van der Waals surface area contributed by atoms with Crippen LogP contribution in [0.4, 0.5) is 4.39 Å². The minimum Gasteiger partial charge on any atom is -0.492 e. The maximum atomic E-state index is 13.0. The highest BCUT2D eigenvalue weighted by Gasteiger charge is 2.28. The number of ether oxygens (including phenoxy) is 1. The Morgan fingerprint density at radius 1 is 1.42 bits per heavy atom. The zero-order valence-corrected chi connectivity index (χ0v) is 10.8. The summed E-state index contributed by atoms with van der Waals surface area (Å²) in [6.45, 7) is 0.872. The van der Waals surface area contributed by atoms with Crippen LogP contribution in [0, 0.1) is 5.82 Å². The SMILES string of the molecule is Fc1ccc(OCCn2nnc(C3CC3)n2)cc1Cl. The van der Waals surface area contributed by atoms with Gasteiger partial charge in [-0.15, -0.1) is 10.2 Å². The van der Waals surface area contributed by atoms with E-state index in [0.29, 0.717) is 24.8 Å². The van der Waals surface area contributed by atoms with Gasteiger partial charge in [0, 0.05) is 12.0 Å². The van der Waals surface area contributed by atoms with Crippen LogP contribution < -0.4 is 4.74 Å². The van der Waals surface area contributed by atoms with Gasteiger partial charge in [-0.05, 0) is 30.2 Å². The topological polar surface area (TPSA) is 52.8 Å². The van der Waals surface area contributed by atoms with Crippen LogP contribution >= 0.6 is 11.6 Å². The number of nitrogens with zero attached hydrogens (tertiary/aromatic N) is 4. The van der Waals surface area contributed by atoms with Crippen LogP contribution in [0.25, 0.3) is 0 Å². The van der Waals surface area contributed by atoms with Gasteiger partial charge in [-0.3, -0.25) is 0 Å². The van der Waals surface area contributed by atoms with Crippen LogP contribution in [0.15, 0.2) is 18.2 Å². The number of hydrogen-bond acceptors (Lipinski definition) is 4. The van der Waals surface area contributed by atoms with Crippen molar-refractivity contribution in [1.82, 2.24) is 20.2 Å². The van der Waals surface area contributed by atoms with E-state index >= 15 is 0 Å². The number of hydrogen-bond donors (Lipinski definition) is 0. The van der Waals surface area contributed by atoms with Crippen molar-refractivity contribution >= 4 is 11.6 Å². The third-order valence-electron chi connectivity index (χ3n) is 2.86. The van der Waals surface area contributed by atoms with Gasteiger partial charge in [0.2, 0.25) is 0 Å². The molecular formula is C12H12ClFN4O. The molecule has 0 spiro atoms. The number of rotatable bonds is 5. The molecule has 3 rings (SSSR count). The fourth-order valence-electron chi connectivity index (χ4n) is 1.67. The summed E-state index contributed by atoms with van der Waals surface area (Å²) in [5.41, 5.74) is 0. The number of halogens is 2. The van der Waals surface area contributed by atoms with Crippen molar-refractivity contribution < 1.29 is 9.13 Å². The molecule has 5 nitrogen and oxygen atoms in total. The molecule has 1 saturated carbocycles. The highest BCUT2D eigenvalue weighted by atomic mass is 35.5. The first kappa shape index (κ1) is 12.3. The van der Waals surface area contributed by atoms with Crippen molar-refractivity contribution in [3.05, 3.63) is 34.9 Å². The predicted molar refractivity (Wildman–Crippen MR) is 66.7 cm³/mol. The summed E-state index contributed by atoms with van der Waals surface area (Å²) in [6.07, 6.45) is 2.30. The van der Waals surface area contributed by atoms with E-state index in [2.05, 4.69) is 15.4 Å². The van der Waals surface area contributed by atoms with Gasteiger partial charge in [0.15, 0.2) is 5.82 Å². The molecule has 0 bridgehead atoms. The molecule has 0 saturated heterocycles. The van der Waals surface area contributed by atoms with Gasteiger partial charge in [-0.1, -0.05) is 11.6 Å². The number of tetrazole rings is 1. The Balaban J connectivity index is 1.52. The molecule has 1 aliphatic rings. The molecule has 19 heavy (non-hydrogen) atoms. The van der Waals surface area contributed by atoms with Crippen molar-refractivity contribution in [3.8, 4) is 5.75 Å². The van der Waals surface area contributed by atoms with Crippen molar-refractivity contribution in [2.45, 2.75) is 25.3 Å². The van der Waals surface area contributed by atoms with E-state index in [1.54, 1.807) is 0 Å². The first-order valence-corrected chi connectivity index (χ1v) is 6.46. The lowest BCUT2D eigenvalue weighted by molar-refractivity contribution is 0.279. The zero-order chi connectivity index (χ0) is 13.2. The van der Waals surface area contributed by atoms with E-state index in [-0.39, 0.29) is 5.02 Å². The standard InChI is InChI=1S/C12H12ClFN4O/c13-10-7-9(3-4-11(10)14)19-6-5-18-16-12(15-17-18)8-1-2-8/h3-4,7-8H,1-2,5-6H2. The van der Waals surface area contributed by atoms with Gasteiger partial charge in [-0.25, -0.2) is 4.39 Å². The minimum atomic E-state index is -0.457. The summed E-state index contributed by atoms with van der Waals surface area (Å²) in [7, 11) is 0. The number of benzene rings is 1. The van der Waals surface area contributed by atoms with Crippen molar-refractivity contribution in [3.63, 3.8) is 0 Å². The minimum absolute atomic E-state index is 0.0485. The first-order valence-electron chi connectivity index (χ1n) is 6.08. The molecule has 0 N–H and O–H groups in total. The van der Waals surface area contributed by atoms with Gasteiger partial charge < -0.3 is 4.74 Å². The van der Waals surface area contributed by atoms with Gasteiger partial charge >= 0.3 is 0 Å². The summed E-state index contributed by atoms with van der Waals surface area (Å²) in [5, 5.41) is 12.2. The summed E-state index contributed by atoms with van der Waals surface area (Å²) in [4.78, 5) is 1.51. The summed E-state index contributed by atoms with van der Waals surface area (Å²) < 4.78 is 18.4. The molecule has 0 radical (unpaired) electrons. The van der Waals surface area contributed by atoms with Crippen LogP contribution in [-0.2, 0) is 6.54 Å². The summed E-state index contributed by atoms with van der Waals surface area (Å²) in [6, 6.07) is 4.25. The Bertz CT molecular complexity index is 585. The molecule has 0 amide bonds. The fourth-order valence-corrected chi connectivity index (χ4v) is 1.84. The highest BCUT2D eigenvalue weighted by molar-refractivity contribution is 6.30. The second kappa shape index (κ2) is 5.13. The molecule has 2 aromatic rings. The van der Waals surface area contributed by atoms with E-state index in [1.165, 1.54) is 23.0 Å². The third-order valence-corrected chi connectivity index (χ3v) is 3.15. The van der Waals surface area contributed by atoms with Crippen LogP contribution in [-0.4, -0.2) is 26.8 Å². The van der Waals surface area contributed by atoms with E-state index in [9.17, 15) is 4.39 Å². The lowest BCUT2D eigenvalue weighted by atomic mass is 10.3. The molecule has 1 heterocycles. The Morgan fingerprint density at radius 3 is 3.00 bits per heavy atom. The predicted octanol–water partition coefficient (Wildman–Crippen LogP) is 2.42. The maximum Gasteiger partial charge on any atom is 0.177 e. The molecule has 1 aromatic carbocycles. The van der Waals surface area contributed by atoms with Crippen molar-refractivity contribution in [2.75, 3.05) is 6.61 Å². The van der Waals surface area contributed by atoms with Gasteiger partial charge in [0.05, 0.1) is 11.6 Å². The average Bonchev–Trinajstić information content (AvgIpc) is 3.14. The lowest BCUT2D eigenvalue weighted by Crippen LogP contribution is -2.11. The molecular weight excluding hydrogens is 271 g/mol. The van der Waals surface area contributed by atoms with Crippen LogP contribution in [0.5, 0.6) is 5.75 Å². The quantitative estimate of drug-likeness (QED) is 0.845. The molecule has 100 valence electrons. The highest BCUT2D eigenvalue weighted by Crippen LogP contribution is 2.37. The normalized spacial score (nSPS) is 14.6. The molecule has 0 unspecified atom stereocenters. The second-order valence-corrected chi connectivity index (χ2v) is 4.85. The van der Waals surface area contributed by atoms with Gasteiger partial charge in [0.25, 0.3) is 0 Å². The van der Waals surface area contributed by atoms with E-state index in [0.717, 1.165) is 18.7 Å². The molecule has 1 aliphatic carbocycles. The Labute approximate surface area is 114 Å². The monoisotopic (exact) mass is 282 g/mol. The Hall–Kier alpha value is -1.69. The van der Waals surface area contributed by atoms with Crippen molar-refractivity contribution in [1.29, 1.82) is 0 Å². The smallest absolute Gasteiger partial charge is 0.177 e. The Morgan fingerprint density at radius 2 is 2.26 bits per heavy atom.